The maximum Gasteiger partial charge on any atom is 0.311 e. The summed E-state index contributed by atoms with van der Waals surface area (Å²) >= 11 is 0. The standard InChI is InChI=1S/C35H49NO4/c1-25(2)35(5,6)34(38)40-21-15-13-11-9-7-8-10-12-14-20-39-33-19-18-28-23-30(32(37)24-31(28)36-33)29-22-26(3)16-17-27(29)4/h16-19,22-23,25H,7-15,20-21,24H2,1-6H3. The molecule has 0 atom stereocenters. The average Bonchev–Trinajstić information content (AvgIpc) is 2.92. The summed E-state index contributed by atoms with van der Waals surface area (Å²) < 4.78 is 11.4. The zero-order valence-corrected chi connectivity index (χ0v) is 25.6. The molecular weight excluding hydrogens is 498 g/mol. The van der Waals surface area contributed by atoms with Gasteiger partial charge in [0.1, 0.15) is 0 Å². The number of allylic oxidation sites excluding steroid dienone is 1. The predicted octanol–water partition coefficient (Wildman–Crippen LogP) is 8.48. The molecule has 2 aromatic rings. The number of hydrogen-bond donors (Lipinski definition) is 0. The monoisotopic (exact) mass is 547 g/mol. The highest BCUT2D eigenvalue weighted by Gasteiger charge is 2.32. The number of fused-ring (bicyclic) bond motifs is 1. The zero-order valence-electron chi connectivity index (χ0n) is 25.6. The fourth-order valence-corrected chi connectivity index (χ4v) is 4.79. The number of nitrogens with zero attached hydrogens (tertiary/aromatic N) is 1. The van der Waals surface area contributed by atoms with E-state index in [0.717, 1.165) is 59.2 Å². The summed E-state index contributed by atoms with van der Waals surface area (Å²) in [6, 6.07) is 10.2. The van der Waals surface area contributed by atoms with Gasteiger partial charge in [-0.25, -0.2) is 4.98 Å². The number of pyridine rings is 1. The lowest BCUT2D eigenvalue weighted by molar-refractivity contribution is -0.156. The van der Waals surface area contributed by atoms with Crippen molar-refractivity contribution in [3.05, 3.63) is 58.3 Å². The molecule has 0 bridgehead atoms. The van der Waals surface area contributed by atoms with Gasteiger partial charge in [0, 0.05) is 11.6 Å². The van der Waals surface area contributed by atoms with Crippen molar-refractivity contribution in [3.63, 3.8) is 0 Å². The van der Waals surface area contributed by atoms with E-state index in [1.165, 1.54) is 32.1 Å². The highest BCUT2D eigenvalue weighted by atomic mass is 16.5. The van der Waals surface area contributed by atoms with E-state index < -0.39 is 5.41 Å². The number of ketones is 1. The van der Waals surface area contributed by atoms with E-state index in [0.29, 0.717) is 25.5 Å². The number of aromatic nitrogens is 1. The van der Waals surface area contributed by atoms with Crippen LogP contribution in [0.3, 0.4) is 0 Å². The van der Waals surface area contributed by atoms with E-state index in [9.17, 15) is 9.59 Å². The van der Waals surface area contributed by atoms with Crippen LogP contribution in [0.1, 0.15) is 113 Å². The van der Waals surface area contributed by atoms with Crippen LogP contribution < -0.4 is 4.74 Å². The van der Waals surface area contributed by atoms with Crippen molar-refractivity contribution in [2.24, 2.45) is 11.3 Å². The highest BCUT2D eigenvalue weighted by Crippen LogP contribution is 2.31. The minimum absolute atomic E-state index is 0.0799. The highest BCUT2D eigenvalue weighted by molar-refractivity contribution is 6.27. The smallest absolute Gasteiger partial charge is 0.311 e. The second-order valence-electron chi connectivity index (χ2n) is 12.2. The molecule has 218 valence electrons. The third-order valence-corrected chi connectivity index (χ3v) is 8.34. The largest absolute Gasteiger partial charge is 0.478 e. The first-order valence-corrected chi connectivity index (χ1v) is 15.2. The zero-order chi connectivity index (χ0) is 29.1. The van der Waals surface area contributed by atoms with Crippen LogP contribution in [0.25, 0.3) is 11.6 Å². The number of carbonyl (C=O) groups is 2. The van der Waals surface area contributed by atoms with Crippen molar-refractivity contribution in [3.8, 4) is 5.88 Å². The van der Waals surface area contributed by atoms with Crippen LogP contribution in [0.4, 0.5) is 0 Å². The first-order chi connectivity index (χ1) is 19.1. The van der Waals surface area contributed by atoms with Gasteiger partial charge < -0.3 is 9.47 Å². The molecule has 1 aliphatic rings. The molecule has 3 rings (SSSR count). The van der Waals surface area contributed by atoms with Crippen molar-refractivity contribution in [2.75, 3.05) is 13.2 Å². The number of unbranched alkanes of at least 4 members (excludes halogenated alkanes) is 8. The molecular formula is C35H49NO4. The first-order valence-electron chi connectivity index (χ1n) is 15.2. The fraction of sp³-hybridized carbons (Fsp3) is 0.571. The summed E-state index contributed by atoms with van der Waals surface area (Å²) in [4.78, 5) is 29.7. The molecule has 0 radical (unpaired) electrons. The minimum Gasteiger partial charge on any atom is -0.478 e. The molecule has 0 saturated heterocycles. The third kappa shape index (κ3) is 9.04. The number of carbonyl (C=O) groups excluding carboxylic acids is 2. The van der Waals surface area contributed by atoms with Gasteiger partial charge in [-0.15, -0.1) is 0 Å². The molecule has 1 aromatic heterocycles. The topological polar surface area (TPSA) is 65.5 Å². The van der Waals surface area contributed by atoms with Crippen LogP contribution in [-0.2, 0) is 20.7 Å². The SMILES string of the molecule is Cc1ccc(C)c(C2=Cc3ccc(OCCCCCCCCCCCOC(=O)C(C)(C)C(C)C)nc3CC2=O)c1. The lowest BCUT2D eigenvalue weighted by atomic mass is 9.81. The quantitative estimate of drug-likeness (QED) is 0.156. The lowest BCUT2D eigenvalue weighted by Crippen LogP contribution is -2.32. The molecule has 5 nitrogen and oxygen atoms in total. The molecule has 1 heterocycles. The van der Waals surface area contributed by atoms with Gasteiger partial charge in [0.2, 0.25) is 5.88 Å². The Kier molecular flexibility index (Phi) is 12.0. The van der Waals surface area contributed by atoms with Crippen molar-refractivity contribution in [1.29, 1.82) is 0 Å². The molecule has 0 unspecified atom stereocenters. The molecule has 0 spiro atoms. The summed E-state index contributed by atoms with van der Waals surface area (Å²) in [5, 5.41) is 0. The Balaban J connectivity index is 1.26. The van der Waals surface area contributed by atoms with E-state index in [2.05, 4.69) is 44.0 Å². The molecule has 40 heavy (non-hydrogen) atoms. The van der Waals surface area contributed by atoms with Crippen molar-refractivity contribution in [1.82, 2.24) is 4.98 Å². The number of hydrogen-bond acceptors (Lipinski definition) is 5. The summed E-state index contributed by atoms with van der Waals surface area (Å²) in [6.45, 7) is 13.3. The van der Waals surface area contributed by atoms with E-state index in [4.69, 9.17) is 9.47 Å². The Hall–Kier alpha value is -2.95. The van der Waals surface area contributed by atoms with Crippen LogP contribution in [0, 0.1) is 25.2 Å². The number of benzene rings is 1. The van der Waals surface area contributed by atoms with Gasteiger partial charge in [-0.2, -0.15) is 0 Å². The Morgan fingerprint density at radius 3 is 2.17 bits per heavy atom. The van der Waals surface area contributed by atoms with Gasteiger partial charge in [0.15, 0.2) is 5.78 Å². The summed E-state index contributed by atoms with van der Waals surface area (Å²) in [7, 11) is 0. The molecule has 1 aliphatic carbocycles. The Morgan fingerprint density at radius 2 is 1.52 bits per heavy atom. The summed E-state index contributed by atoms with van der Waals surface area (Å²) in [5.41, 5.74) is 5.44. The third-order valence-electron chi connectivity index (χ3n) is 8.34. The van der Waals surface area contributed by atoms with Crippen molar-refractivity contribution >= 4 is 23.4 Å². The van der Waals surface area contributed by atoms with Crippen LogP contribution in [0.5, 0.6) is 5.88 Å². The van der Waals surface area contributed by atoms with Gasteiger partial charge in [-0.3, -0.25) is 9.59 Å². The number of rotatable bonds is 16. The summed E-state index contributed by atoms with van der Waals surface area (Å²) in [6.07, 6.45) is 12.6. The maximum atomic E-state index is 12.9. The van der Waals surface area contributed by atoms with E-state index >= 15 is 0 Å². The van der Waals surface area contributed by atoms with Gasteiger partial charge in [-0.05, 0) is 75.3 Å². The normalized spacial score (nSPS) is 13.3. The molecule has 0 fully saturated rings. The average molecular weight is 548 g/mol. The van der Waals surface area contributed by atoms with Crippen LogP contribution in [0.15, 0.2) is 30.3 Å². The van der Waals surface area contributed by atoms with Crippen LogP contribution >= 0.6 is 0 Å². The molecule has 1 aromatic carbocycles. The molecule has 0 saturated carbocycles. The Morgan fingerprint density at radius 1 is 0.900 bits per heavy atom. The van der Waals surface area contributed by atoms with Gasteiger partial charge in [-0.1, -0.05) is 82.6 Å². The molecule has 0 aliphatic heterocycles. The second-order valence-corrected chi connectivity index (χ2v) is 12.2. The second kappa shape index (κ2) is 15.2. The Bertz CT molecular complexity index is 1180. The van der Waals surface area contributed by atoms with Crippen molar-refractivity contribution < 1.29 is 19.1 Å². The van der Waals surface area contributed by atoms with E-state index in [1.807, 2.05) is 39.0 Å². The Labute approximate surface area is 241 Å². The van der Waals surface area contributed by atoms with Crippen molar-refractivity contribution in [2.45, 2.75) is 106 Å². The predicted molar refractivity (Wildman–Crippen MR) is 163 cm³/mol. The van der Waals surface area contributed by atoms with Gasteiger partial charge in [0.05, 0.1) is 30.7 Å². The maximum absolute atomic E-state index is 12.9. The number of esters is 1. The van der Waals surface area contributed by atoms with Gasteiger partial charge in [0.25, 0.3) is 0 Å². The lowest BCUT2D eigenvalue weighted by Gasteiger charge is -2.26. The fourth-order valence-electron chi connectivity index (χ4n) is 4.79. The molecule has 0 amide bonds. The van der Waals surface area contributed by atoms with Crippen LogP contribution in [-0.4, -0.2) is 30.0 Å². The number of ether oxygens (including phenoxy) is 2. The van der Waals surface area contributed by atoms with E-state index in [1.54, 1.807) is 0 Å². The molecule has 0 N–H and O–H groups in total. The minimum atomic E-state index is -0.411. The summed E-state index contributed by atoms with van der Waals surface area (Å²) in [5.74, 6) is 0.914. The number of aryl methyl sites for hydroxylation is 2. The van der Waals surface area contributed by atoms with Gasteiger partial charge >= 0.3 is 5.97 Å². The number of Topliss-reactive ketones (excluding diaryl/α,β-unsaturated/α-hetero) is 1. The first kappa shape index (κ1) is 31.6. The van der Waals surface area contributed by atoms with E-state index in [-0.39, 0.29) is 17.7 Å². The molecule has 5 heteroatoms. The van der Waals surface area contributed by atoms with Crippen LogP contribution in [0.2, 0.25) is 0 Å².